The molecule has 1 saturated carbocycles. The molecule has 6 aromatic rings. The monoisotopic (exact) mass is 1810 g/mol. The number of piperidine rings is 5. The predicted molar refractivity (Wildman–Crippen MR) is 539 cm³/mol. The highest BCUT2D eigenvalue weighted by atomic mass is 16.5. The molecular formula is C106H171N19O6. The third kappa shape index (κ3) is 36.2. The second kappa shape index (κ2) is 48.1. The van der Waals surface area contributed by atoms with Crippen molar-refractivity contribution in [3.63, 3.8) is 0 Å². The number of nitrogens with zero attached hydrogens (tertiary/aromatic N) is 12. The minimum absolute atomic E-state index is 0.0215. The quantitative estimate of drug-likeness (QED) is 0.0374. The number of hydrogen-bond donors (Lipinski definition) is 7. The Hall–Kier alpha value is -9.26. The first-order valence-electron chi connectivity index (χ1n) is 49.4. The molecule has 0 bridgehead atoms. The van der Waals surface area contributed by atoms with Crippen LogP contribution in [0.2, 0.25) is 0 Å². The molecule has 5 amide bonds. The number of hydrogen-bond acceptors (Lipinski definition) is 20. The first-order valence-corrected chi connectivity index (χ1v) is 49.4. The summed E-state index contributed by atoms with van der Waals surface area (Å²) in [6, 6.07) is 26.1. The van der Waals surface area contributed by atoms with Crippen LogP contribution in [-0.4, -0.2) is 210 Å². The van der Waals surface area contributed by atoms with Gasteiger partial charge in [-0.25, -0.2) is 24.9 Å². The molecule has 7 N–H and O–H groups in total. The van der Waals surface area contributed by atoms with Crippen LogP contribution in [0.25, 0.3) is 0 Å². The molecule has 726 valence electrons. The third-order valence-corrected chi connectivity index (χ3v) is 25.0. The van der Waals surface area contributed by atoms with E-state index >= 15 is 0 Å². The van der Waals surface area contributed by atoms with Gasteiger partial charge in [0, 0.05) is 181 Å². The molecule has 13 rings (SSSR count). The molecule has 25 heteroatoms. The zero-order valence-electron chi connectivity index (χ0n) is 85.9. The topological polar surface area (TPSA) is 285 Å². The van der Waals surface area contributed by atoms with Gasteiger partial charge in [0.05, 0.1) is 17.8 Å². The average molecular weight is 1810 g/mol. The smallest absolute Gasteiger partial charge is 0.318 e. The van der Waals surface area contributed by atoms with Gasteiger partial charge in [-0.3, -0.25) is 24.0 Å². The van der Waals surface area contributed by atoms with Crippen LogP contribution in [0.5, 0.6) is 6.01 Å². The van der Waals surface area contributed by atoms with E-state index in [2.05, 4.69) is 283 Å². The predicted octanol–water partition coefficient (Wildman–Crippen LogP) is 19.8. The van der Waals surface area contributed by atoms with E-state index in [1.54, 1.807) is 0 Å². The minimum Gasteiger partial charge on any atom is -0.461 e. The van der Waals surface area contributed by atoms with Crippen molar-refractivity contribution in [3.8, 4) is 6.01 Å². The first kappa shape index (κ1) is 107. The van der Waals surface area contributed by atoms with Crippen LogP contribution >= 0.6 is 0 Å². The maximum absolute atomic E-state index is 12.3. The van der Waals surface area contributed by atoms with Crippen molar-refractivity contribution in [1.29, 1.82) is 0 Å². The van der Waals surface area contributed by atoms with E-state index in [0.717, 1.165) is 203 Å². The van der Waals surface area contributed by atoms with Crippen molar-refractivity contribution in [2.24, 2.45) is 23.2 Å². The lowest BCUT2D eigenvalue weighted by Gasteiger charge is -2.36. The van der Waals surface area contributed by atoms with Crippen LogP contribution in [0.3, 0.4) is 0 Å². The molecule has 7 aliphatic rings. The number of aromatic nitrogens is 7. The van der Waals surface area contributed by atoms with Crippen molar-refractivity contribution >= 4 is 64.4 Å². The maximum Gasteiger partial charge on any atom is 0.318 e. The molecule has 6 saturated heterocycles. The van der Waals surface area contributed by atoms with Crippen molar-refractivity contribution in [3.05, 3.63) is 131 Å². The number of anilines is 6. The normalized spacial score (nSPS) is 17.3. The molecule has 12 heterocycles. The number of ether oxygens (including phenoxy) is 1. The Morgan fingerprint density at radius 2 is 0.679 bits per heavy atom. The standard InChI is InChI=1S/2C19H31N3O.C18H27N3O.2C18H29N3O.C14H24N4O/c1-18(2,3)14-7-10-20-16(13-14)21-15-8-11-22(12-9-15)17(23)19(4,5)6;1-14(2)12-18(23)22-10-7-16(8-11-22)21-17-13-15(6-9-20-17)19(3,4)5;1-18(2,3)14-6-9-19-16(12-14)20-15-7-10-21(11-8-15)17(22)13-4-5-13;1-13(2)17(22)21-10-7-15(8-11-21)20-16-12-14(6-9-19-16)18(3,4)5;1-5-6-17(22)21-11-8-15(9-12-21)20-16-13-14(7-10-19-16)18(2,3)4;1-9(2)19-13-17-11(14(3,4)5)6-12(18-13)16-10-7-15-8-10/h7,10,13,15H,8-9,11-12H2,1-6H3,(H,20,21);6,9,13-14,16H,7-8,10-12H2,1-5H3,(H,20,21);6,9,12-13,15H,4-5,7-8,10-11H2,1-3H3,(H,19,20);6,9,12-13,15H,7-8,10-11H2,1-5H3,(H,19,20);7,10,13,15H,5-6,8-9,11-12H2,1-4H3,(H,19,20);6,9-10,15H,7-8H2,1-5H3,(H,16,17,18). The lowest BCUT2D eigenvalue weighted by atomic mass is 9.88. The van der Waals surface area contributed by atoms with Crippen LogP contribution in [0.15, 0.2) is 97.7 Å². The van der Waals surface area contributed by atoms with Crippen molar-refractivity contribution in [1.82, 2.24) is 64.7 Å². The number of carbonyl (C=O) groups is 5. The maximum atomic E-state index is 12.3. The SMILES string of the molecule is CC(C)(C)C(=O)N1CCC(Nc2cc(C(C)(C)C)ccn2)CC1.CC(C)(C)c1ccnc(NC2CCN(C(=O)C3CC3)CC2)c1.CC(C)C(=O)N1CCC(Nc2cc(C(C)(C)C)ccn2)CC1.CC(C)CC(=O)N1CCC(Nc2cc(C(C)(C)C)ccn2)CC1.CC(C)Oc1nc(NC2CNC2)cc(C(C)(C)C)n1.CCCC(=O)N1CCC(Nc2cc(C(C)(C)C)ccn2)CC1. The average Bonchev–Trinajstić information content (AvgIpc) is 1.56. The fraction of sp³-hybridized carbons (Fsp3) is 0.679. The van der Waals surface area contributed by atoms with Crippen LogP contribution in [-0.2, 0) is 56.5 Å². The lowest BCUT2D eigenvalue weighted by Crippen LogP contribution is -2.51. The van der Waals surface area contributed by atoms with E-state index in [1.165, 1.54) is 27.8 Å². The third-order valence-electron chi connectivity index (χ3n) is 25.0. The molecular weight excluding hydrogens is 1640 g/mol. The van der Waals surface area contributed by atoms with Gasteiger partial charge in [0.1, 0.15) is 34.9 Å². The van der Waals surface area contributed by atoms with Crippen molar-refractivity contribution in [2.75, 3.05) is 110 Å². The Labute approximate surface area is 789 Å². The van der Waals surface area contributed by atoms with Gasteiger partial charge < -0.3 is 66.5 Å². The van der Waals surface area contributed by atoms with Gasteiger partial charge in [0.2, 0.25) is 29.5 Å². The number of likely N-dealkylation sites (tertiary alicyclic amines) is 5. The highest BCUT2D eigenvalue weighted by Crippen LogP contribution is 2.35. The van der Waals surface area contributed by atoms with E-state index in [9.17, 15) is 24.0 Å². The Kier molecular flexibility index (Phi) is 39.3. The van der Waals surface area contributed by atoms with Crippen LogP contribution in [0.1, 0.15) is 324 Å². The Morgan fingerprint density at radius 1 is 0.374 bits per heavy atom. The number of pyridine rings is 5. The lowest BCUT2D eigenvalue weighted by molar-refractivity contribution is -0.140. The summed E-state index contributed by atoms with van der Waals surface area (Å²) in [6.45, 7) is 70.2. The molecule has 0 atom stereocenters. The van der Waals surface area contributed by atoms with Gasteiger partial charge in [-0.05, 0) is 219 Å². The molecule has 7 fully saturated rings. The van der Waals surface area contributed by atoms with Gasteiger partial charge in [-0.2, -0.15) is 9.97 Å². The molecule has 25 nitrogen and oxygen atoms in total. The Balaban J connectivity index is 0.000000194. The molecule has 0 unspecified atom stereocenters. The minimum atomic E-state index is -0.289. The van der Waals surface area contributed by atoms with Crippen LogP contribution in [0.4, 0.5) is 34.9 Å². The van der Waals surface area contributed by atoms with Gasteiger partial charge in [-0.15, -0.1) is 0 Å². The van der Waals surface area contributed by atoms with Crippen LogP contribution < -0.4 is 42.0 Å². The fourth-order valence-corrected chi connectivity index (χ4v) is 16.2. The number of rotatable bonds is 20. The zero-order valence-corrected chi connectivity index (χ0v) is 85.9. The molecule has 6 aromatic heterocycles. The highest BCUT2D eigenvalue weighted by molar-refractivity contribution is 5.82. The second-order valence-corrected chi connectivity index (χ2v) is 45.6. The number of nitrogens with one attached hydrogen (secondary N) is 7. The largest absolute Gasteiger partial charge is 0.461 e. The summed E-state index contributed by atoms with van der Waals surface area (Å²) >= 11 is 0. The Bertz CT molecular complexity index is 4440. The summed E-state index contributed by atoms with van der Waals surface area (Å²) in [7, 11) is 0. The number of amides is 5. The molecule has 131 heavy (non-hydrogen) atoms. The van der Waals surface area contributed by atoms with E-state index < -0.39 is 0 Å². The second-order valence-electron chi connectivity index (χ2n) is 45.6. The highest BCUT2D eigenvalue weighted by Gasteiger charge is 2.37. The molecule has 1 aliphatic carbocycles. The van der Waals surface area contributed by atoms with Gasteiger partial charge in [0.25, 0.3) is 0 Å². The molecule has 0 spiro atoms. The van der Waals surface area contributed by atoms with Gasteiger partial charge >= 0.3 is 6.01 Å². The fourth-order valence-electron chi connectivity index (χ4n) is 16.2. The summed E-state index contributed by atoms with van der Waals surface area (Å²) < 4.78 is 5.65. The van der Waals surface area contributed by atoms with E-state index in [0.29, 0.717) is 84.7 Å². The van der Waals surface area contributed by atoms with Crippen LogP contribution in [0, 0.1) is 23.2 Å². The zero-order chi connectivity index (χ0) is 96.6. The summed E-state index contributed by atoms with van der Waals surface area (Å²) in [5.41, 5.74) is 7.80. The number of carbonyl (C=O) groups excluding carboxylic acids is 5. The van der Waals surface area contributed by atoms with Gasteiger partial charge in [0.15, 0.2) is 0 Å². The molecule has 0 radical (unpaired) electrons. The molecule has 6 aliphatic heterocycles. The van der Waals surface area contributed by atoms with Crippen molar-refractivity contribution < 1.29 is 28.7 Å². The van der Waals surface area contributed by atoms with Crippen molar-refractivity contribution in [2.45, 2.75) is 365 Å². The summed E-state index contributed by atoms with van der Waals surface area (Å²) in [5.74, 6) is 7.96. The first-order chi connectivity index (χ1) is 61.3. The van der Waals surface area contributed by atoms with E-state index in [-0.39, 0.29) is 61.7 Å². The Morgan fingerprint density at radius 3 is 0.947 bits per heavy atom. The summed E-state index contributed by atoms with van der Waals surface area (Å²) in [5, 5.41) is 24.4. The van der Waals surface area contributed by atoms with E-state index in [4.69, 9.17) is 4.74 Å². The van der Waals surface area contributed by atoms with E-state index in [1.807, 2.05) is 105 Å². The van der Waals surface area contributed by atoms with Gasteiger partial charge in [-0.1, -0.05) is 180 Å². The summed E-state index contributed by atoms with van der Waals surface area (Å²) in [4.78, 5) is 102. The summed E-state index contributed by atoms with van der Waals surface area (Å²) in [6.07, 6.45) is 23.9. The molecule has 0 aromatic carbocycles.